The summed E-state index contributed by atoms with van der Waals surface area (Å²) in [5.41, 5.74) is -0.170. The fourth-order valence-electron chi connectivity index (χ4n) is 3.48. The van der Waals surface area contributed by atoms with Crippen LogP contribution in [-0.4, -0.2) is 74.9 Å². The Labute approximate surface area is 143 Å². The number of hydrogen-bond donors (Lipinski definition) is 0. The van der Waals surface area contributed by atoms with Crippen LogP contribution in [0.25, 0.3) is 0 Å². The van der Waals surface area contributed by atoms with Gasteiger partial charge in [0.1, 0.15) is 6.61 Å². The number of amides is 1. The first-order valence-electron chi connectivity index (χ1n) is 8.40. The van der Waals surface area contributed by atoms with Gasteiger partial charge in [-0.15, -0.1) is 0 Å². The molecule has 2 aliphatic heterocycles. The Morgan fingerprint density at radius 2 is 1.96 bits per heavy atom. The van der Waals surface area contributed by atoms with Crippen molar-refractivity contribution in [3.8, 4) is 11.5 Å². The van der Waals surface area contributed by atoms with Crippen molar-refractivity contribution in [2.24, 2.45) is 0 Å². The Balaban J connectivity index is 1.60. The quantitative estimate of drug-likeness (QED) is 0.833. The van der Waals surface area contributed by atoms with Crippen LogP contribution in [0, 0.1) is 0 Å². The molecule has 6 heteroatoms. The second kappa shape index (κ2) is 6.99. The molecule has 1 saturated heterocycles. The minimum Gasteiger partial charge on any atom is -0.485 e. The van der Waals surface area contributed by atoms with Crippen molar-refractivity contribution < 1.29 is 19.0 Å². The van der Waals surface area contributed by atoms with Crippen molar-refractivity contribution in [3.63, 3.8) is 0 Å². The van der Waals surface area contributed by atoms with Crippen LogP contribution in [0.1, 0.15) is 12.8 Å². The normalized spacial score (nSPS) is 22.5. The molecule has 0 bridgehead atoms. The number of fused-ring (bicyclic) bond motifs is 1. The number of hydrogen-bond acceptors (Lipinski definition) is 5. The van der Waals surface area contributed by atoms with Gasteiger partial charge in [0.2, 0.25) is 6.10 Å². The third-order valence-corrected chi connectivity index (χ3v) is 4.81. The molecular weight excluding hydrogens is 308 g/mol. The fraction of sp³-hybridized carbons (Fsp3) is 0.611. The summed E-state index contributed by atoms with van der Waals surface area (Å²) < 4.78 is 17.3. The molecule has 2 heterocycles. The highest BCUT2D eigenvalue weighted by atomic mass is 16.6. The van der Waals surface area contributed by atoms with E-state index in [4.69, 9.17) is 14.2 Å². The number of piperidine rings is 1. The second-order valence-electron chi connectivity index (χ2n) is 6.81. The summed E-state index contributed by atoms with van der Waals surface area (Å²) in [6.07, 6.45) is 1.10. The van der Waals surface area contributed by atoms with Crippen LogP contribution in [0.15, 0.2) is 24.3 Å². The standard InChI is InChI=1S/C18H26N2O4/c1-19(2)13-18(22-3)8-10-20(11-9-18)17(21)16-12-23-14-6-4-5-7-15(14)24-16/h4-7,16H,8-13H2,1-3H3. The number of para-hydroxylation sites is 2. The third kappa shape index (κ3) is 3.49. The van der Waals surface area contributed by atoms with Gasteiger partial charge in [0, 0.05) is 26.7 Å². The lowest BCUT2D eigenvalue weighted by Gasteiger charge is -2.43. The molecule has 132 valence electrons. The van der Waals surface area contributed by atoms with Crippen molar-refractivity contribution in [1.82, 2.24) is 9.80 Å². The molecule has 1 aromatic rings. The van der Waals surface area contributed by atoms with Gasteiger partial charge in [0.15, 0.2) is 11.5 Å². The van der Waals surface area contributed by atoms with Crippen molar-refractivity contribution in [2.45, 2.75) is 24.5 Å². The first kappa shape index (κ1) is 17.0. The van der Waals surface area contributed by atoms with E-state index >= 15 is 0 Å². The van der Waals surface area contributed by atoms with Gasteiger partial charge in [0.05, 0.1) is 5.60 Å². The van der Waals surface area contributed by atoms with Gasteiger partial charge in [0.25, 0.3) is 5.91 Å². The number of rotatable bonds is 4. The SMILES string of the molecule is COC1(CN(C)C)CCN(C(=O)C2COc3ccccc3O2)CC1. The van der Waals surface area contributed by atoms with E-state index in [1.54, 1.807) is 7.11 Å². The van der Waals surface area contributed by atoms with Gasteiger partial charge >= 0.3 is 0 Å². The molecule has 24 heavy (non-hydrogen) atoms. The first-order chi connectivity index (χ1) is 11.5. The molecule has 6 nitrogen and oxygen atoms in total. The summed E-state index contributed by atoms with van der Waals surface area (Å²) in [4.78, 5) is 16.8. The molecule has 0 saturated carbocycles. The van der Waals surface area contributed by atoms with Gasteiger partial charge in [-0.25, -0.2) is 0 Å². The molecule has 0 aromatic heterocycles. The monoisotopic (exact) mass is 334 g/mol. The predicted molar refractivity (Wildman–Crippen MR) is 90.5 cm³/mol. The molecule has 1 unspecified atom stereocenters. The van der Waals surface area contributed by atoms with Gasteiger partial charge in [-0.05, 0) is 39.1 Å². The van der Waals surface area contributed by atoms with Crippen LogP contribution in [0.5, 0.6) is 11.5 Å². The Kier molecular flexibility index (Phi) is 4.96. The zero-order chi connectivity index (χ0) is 17.2. The summed E-state index contributed by atoms with van der Waals surface area (Å²) in [5.74, 6) is 1.33. The maximum Gasteiger partial charge on any atom is 0.267 e. The fourth-order valence-corrected chi connectivity index (χ4v) is 3.48. The van der Waals surface area contributed by atoms with Crippen LogP contribution in [0.3, 0.4) is 0 Å². The van der Waals surface area contributed by atoms with E-state index in [1.807, 2.05) is 43.3 Å². The zero-order valence-electron chi connectivity index (χ0n) is 14.7. The van der Waals surface area contributed by atoms with Gasteiger partial charge in [-0.2, -0.15) is 0 Å². The number of likely N-dealkylation sites (N-methyl/N-ethyl adjacent to an activating group) is 1. The van der Waals surface area contributed by atoms with Crippen LogP contribution in [0.4, 0.5) is 0 Å². The average molecular weight is 334 g/mol. The Bertz CT molecular complexity index is 582. The highest BCUT2D eigenvalue weighted by molar-refractivity contribution is 5.82. The Morgan fingerprint density at radius 3 is 2.58 bits per heavy atom. The summed E-state index contributed by atoms with van der Waals surface area (Å²) in [6.45, 7) is 2.49. The van der Waals surface area contributed by atoms with E-state index in [1.165, 1.54) is 0 Å². The van der Waals surface area contributed by atoms with Crippen LogP contribution >= 0.6 is 0 Å². The molecule has 1 aromatic carbocycles. The second-order valence-corrected chi connectivity index (χ2v) is 6.81. The average Bonchev–Trinajstić information content (AvgIpc) is 2.61. The summed E-state index contributed by atoms with van der Waals surface area (Å²) in [6, 6.07) is 7.46. The number of ether oxygens (including phenoxy) is 3. The van der Waals surface area contributed by atoms with Crippen LogP contribution < -0.4 is 9.47 Å². The maximum atomic E-state index is 12.8. The first-order valence-corrected chi connectivity index (χ1v) is 8.40. The molecule has 2 aliphatic rings. The molecule has 1 atom stereocenters. The molecule has 0 aliphatic carbocycles. The zero-order valence-corrected chi connectivity index (χ0v) is 14.7. The lowest BCUT2D eigenvalue weighted by molar-refractivity contribution is -0.147. The topological polar surface area (TPSA) is 51.2 Å². The number of carbonyl (C=O) groups excluding carboxylic acids is 1. The maximum absolute atomic E-state index is 12.8. The molecule has 0 spiro atoms. The number of methoxy groups -OCH3 is 1. The molecule has 3 rings (SSSR count). The van der Waals surface area contributed by atoms with Crippen LogP contribution in [0.2, 0.25) is 0 Å². The van der Waals surface area contributed by atoms with Crippen LogP contribution in [-0.2, 0) is 9.53 Å². The third-order valence-electron chi connectivity index (χ3n) is 4.81. The largest absolute Gasteiger partial charge is 0.485 e. The number of likely N-dealkylation sites (tertiary alicyclic amines) is 1. The van der Waals surface area contributed by atoms with E-state index < -0.39 is 6.10 Å². The Morgan fingerprint density at radius 1 is 1.29 bits per heavy atom. The van der Waals surface area contributed by atoms with Gasteiger partial charge in [-0.1, -0.05) is 12.1 Å². The van der Waals surface area contributed by atoms with Crippen molar-refractivity contribution in [1.29, 1.82) is 0 Å². The summed E-state index contributed by atoms with van der Waals surface area (Å²) in [7, 11) is 5.85. The predicted octanol–water partition coefficient (Wildman–Crippen LogP) is 1.40. The number of benzene rings is 1. The highest BCUT2D eigenvalue weighted by Gasteiger charge is 2.39. The molecule has 0 N–H and O–H groups in total. The highest BCUT2D eigenvalue weighted by Crippen LogP contribution is 2.32. The smallest absolute Gasteiger partial charge is 0.267 e. The van der Waals surface area contributed by atoms with Crippen molar-refractivity contribution >= 4 is 5.91 Å². The van der Waals surface area contributed by atoms with E-state index in [0.29, 0.717) is 24.6 Å². The van der Waals surface area contributed by atoms with E-state index in [0.717, 1.165) is 19.4 Å². The van der Waals surface area contributed by atoms with Crippen molar-refractivity contribution in [3.05, 3.63) is 24.3 Å². The van der Waals surface area contributed by atoms with Gasteiger partial charge < -0.3 is 24.0 Å². The molecule has 1 fully saturated rings. The molecule has 0 radical (unpaired) electrons. The van der Waals surface area contributed by atoms with Crippen molar-refractivity contribution in [2.75, 3.05) is 47.4 Å². The summed E-state index contributed by atoms with van der Waals surface area (Å²) in [5, 5.41) is 0. The Hall–Kier alpha value is -1.79. The molecule has 1 amide bonds. The van der Waals surface area contributed by atoms with E-state index in [-0.39, 0.29) is 18.1 Å². The number of carbonyl (C=O) groups is 1. The van der Waals surface area contributed by atoms with E-state index in [2.05, 4.69) is 4.90 Å². The van der Waals surface area contributed by atoms with E-state index in [9.17, 15) is 4.79 Å². The molecular formula is C18H26N2O4. The lowest BCUT2D eigenvalue weighted by Crippen LogP contribution is -2.55. The van der Waals surface area contributed by atoms with Gasteiger partial charge in [-0.3, -0.25) is 4.79 Å². The minimum atomic E-state index is -0.566. The number of nitrogens with zero attached hydrogens (tertiary/aromatic N) is 2. The summed E-state index contributed by atoms with van der Waals surface area (Å²) >= 11 is 0. The minimum absolute atomic E-state index is 0.000871. The lowest BCUT2D eigenvalue weighted by atomic mass is 9.90.